The molecule has 0 spiro atoms. The highest BCUT2D eigenvalue weighted by Crippen LogP contribution is 2.10. The number of nitrogens with zero attached hydrogens (tertiary/aromatic N) is 1. The van der Waals surface area contributed by atoms with Gasteiger partial charge >= 0.3 is 0 Å². The molecule has 0 amide bonds. The fraction of sp³-hybridized carbons (Fsp3) is 1.00. The van der Waals surface area contributed by atoms with Crippen LogP contribution in [-0.2, 0) is 5.11 Å². The van der Waals surface area contributed by atoms with Crippen LogP contribution in [0.1, 0.15) is 26.2 Å². The highest BCUT2D eigenvalue weighted by molar-refractivity contribution is 4.66. The lowest BCUT2D eigenvalue weighted by atomic mass is 10.1. The van der Waals surface area contributed by atoms with Crippen molar-refractivity contribution in [2.24, 2.45) is 5.92 Å². The van der Waals surface area contributed by atoms with Crippen LogP contribution < -0.4 is 0 Å². The number of hydrogen-bond acceptors (Lipinski definition) is 1. The molecule has 0 aromatic carbocycles. The summed E-state index contributed by atoms with van der Waals surface area (Å²) in [6.45, 7) is 5.57. The fourth-order valence-electron chi connectivity index (χ4n) is 1.64. The van der Waals surface area contributed by atoms with Crippen molar-refractivity contribution in [2.75, 3.05) is 26.2 Å². The van der Waals surface area contributed by atoms with Crippen molar-refractivity contribution < 1.29 is 5.11 Å². The summed E-state index contributed by atoms with van der Waals surface area (Å²) >= 11 is 0. The van der Waals surface area contributed by atoms with E-state index >= 15 is 0 Å². The van der Waals surface area contributed by atoms with E-state index in [2.05, 4.69) is 4.90 Å². The van der Waals surface area contributed by atoms with Crippen LogP contribution in [0, 0.1) is 5.92 Å². The third kappa shape index (κ3) is 3.21. The second kappa shape index (κ2) is 4.73. The van der Waals surface area contributed by atoms with E-state index in [1.807, 2.05) is 6.92 Å². The Balaban J connectivity index is 2.13. The van der Waals surface area contributed by atoms with Crippen molar-refractivity contribution in [2.45, 2.75) is 26.2 Å². The van der Waals surface area contributed by atoms with Gasteiger partial charge in [-0.05, 0) is 31.8 Å². The number of piperidine rings is 1. The summed E-state index contributed by atoms with van der Waals surface area (Å²) in [5.74, 6) is 0.341. The molecule has 1 fully saturated rings. The number of hydrogen-bond donors (Lipinski definition) is 0. The van der Waals surface area contributed by atoms with Gasteiger partial charge in [0.05, 0.1) is 6.61 Å². The van der Waals surface area contributed by atoms with E-state index in [1.54, 1.807) is 0 Å². The molecule has 0 aliphatic carbocycles. The van der Waals surface area contributed by atoms with Gasteiger partial charge in [0.1, 0.15) is 0 Å². The first kappa shape index (κ1) is 9.01. The van der Waals surface area contributed by atoms with Crippen LogP contribution in [0.15, 0.2) is 0 Å². The summed E-state index contributed by atoms with van der Waals surface area (Å²) in [6, 6.07) is 0. The van der Waals surface area contributed by atoms with E-state index in [0.29, 0.717) is 5.92 Å². The Morgan fingerprint density at radius 1 is 1.27 bits per heavy atom. The van der Waals surface area contributed by atoms with Gasteiger partial charge in [0.2, 0.25) is 0 Å². The third-order valence-electron chi connectivity index (χ3n) is 2.30. The number of likely N-dealkylation sites (tertiary alicyclic amines) is 1. The SMILES string of the molecule is CC(C[O])CN1CCCCC1. The average Bonchev–Trinajstić information content (AvgIpc) is 2.06. The van der Waals surface area contributed by atoms with E-state index in [4.69, 9.17) is 0 Å². The Labute approximate surface area is 69.2 Å². The van der Waals surface area contributed by atoms with Gasteiger partial charge in [0, 0.05) is 6.54 Å². The molecule has 1 atom stereocenters. The summed E-state index contributed by atoms with van der Waals surface area (Å²) in [5.41, 5.74) is 0. The van der Waals surface area contributed by atoms with Crippen LogP contribution in [0.4, 0.5) is 0 Å². The van der Waals surface area contributed by atoms with E-state index < -0.39 is 0 Å². The maximum absolute atomic E-state index is 10.5. The second-order valence-electron chi connectivity index (χ2n) is 3.63. The molecule has 1 radical (unpaired) electrons. The molecule has 0 saturated carbocycles. The van der Waals surface area contributed by atoms with Crippen molar-refractivity contribution in [3.63, 3.8) is 0 Å². The van der Waals surface area contributed by atoms with Crippen molar-refractivity contribution in [3.05, 3.63) is 0 Å². The van der Waals surface area contributed by atoms with Crippen molar-refractivity contribution in [3.8, 4) is 0 Å². The Kier molecular flexibility index (Phi) is 3.87. The molecular formula is C9H18NO. The predicted octanol–water partition coefficient (Wildman–Crippen LogP) is 1.54. The highest BCUT2D eigenvalue weighted by atomic mass is 16.3. The van der Waals surface area contributed by atoms with Crippen molar-refractivity contribution >= 4 is 0 Å². The molecule has 0 N–H and O–H groups in total. The molecule has 1 aliphatic heterocycles. The van der Waals surface area contributed by atoms with Crippen LogP contribution in [0.3, 0.4) is 0 Å². The van der Waals surface area contributed by atoms with Gasteiger partial charge in [-0.2, -0.15) is 0 Å². The lowest BCUT2D eigenvalue weighted by Crippen LogP contribution is -2.34. The van der Waals surface area contributed by atoms with Crippen LogP contribution in [0.5, 0.6) is 0 Å². The van der Waals surface area contributed by atoms with E-state index in [1.165, 1.54) is 32.4 Å². The van der Waals surface area contributed by atoms with Gasteiger partial charge in [-0.1, -0.05) is 13.3 Å². The zero-order valence-corrected chi connectivity index (χ0v) is 7.38. The lowest BCUT2D eigenvalue weighted by molar-refractivity contribution is 0.113. The van der Waals surface area contributed by atoms with Gasteiger partial charge < -0.3 is 4.90 Å². The minimum absolute atomic E-state index is 0.0799. The first-order valence-electron chi connectivity index (χ1n) is 4.63. The Hall–Kier alpha value is -0.0800. The summed E-state index contributed by atoms with van der Waals surface area (Å²) in [4.78, 5) is 2.42. The molecule has 2 heteroatoms. The van der Waals surface area contributed by atoms with Crippen LogP contribution in [0.25, 0.3) is 0 Å². The molecule has 1 saturated heterocycles. The molecular weight excluding hydrogens is 138 g/mol. The standard InChI is InChI=1S/C9H18NO/c1-9(8-11)7-10-5-3-2-4-6-10/h9H,2-8H2,1H3. The zero-order chi connectivity index (χ0) is 8.10. The molecule has 0 aromatic heterocycles. The van der Waals surface area contributed by atoms with Gasteiger partial charge in [-0.3, -0.25) is 0 Å². The Morgan fingerprint density at radius 2 is 1.91 bits per heavy atom. The predicted molar refractivity (Wildman–Crippen MR) is 45.0 cm³/mol. The normalized spacial score (nSPS) is 23.5. The van der Waals surface area contributed by atoms with Crippen LogP contribution >= 0.6 is 0 Å². The van der Waals surface area contributed by atoms with E-state index in [-0.39, 0.29) is 6.61 Å². The second-order valence-corrected chi connectivity index (χ2v) is 3.63. The van der Waals surface area contributed by atoms with Crippen molar-refractivity contribution in [1.29, 1.82) is 0 Å². The fourth-order valence-corrected chi connectivity index (χ4v) is 1.64. The summed E-state index contributed by atoms with van der Waals surface area (Å²) in [5, 5.41) is 10.5. The maximum atomic E-state index is 10.5. The van der Waals surface area contributed by atoms with Crippen molar-refractivity contribution in [1.82, 2.24) is 4.90 Å². The monoisotopic (exact) mass is 156 g/mol. The molecule has 1 aliphatic rings. The lowest BCUT2D eigenvalue weighted by Gasteiger charge is -2.28. The Morgan fingerprint density at radius 3 is 2.45 bits per heavy atom. The molecule has 65 valence electrons. The van der Waals surface area contributed by atoms with E-state index in [0.717, 1.165) is 6.54 Å². The van der Waals surface area contributed by atoms with Gasteiger partial charge in [-0.15, -0.1) is 0 Å². The summed E-state index contributed by atoms with van der Waals surface area (Å²) in [7, 11) is 0. The summed E-state index contributed by atoms with van der Waals surface area (Å²) < 4.78 is 0. The molecule has 11 heavy (non-hydrogen) atoms. The molecule has 0 bridgehead atoms. The van der Waals surface area contributed by atoms with E-state index in [9.17, 15) is 5.11 Å². The molecule has 1 heterocycles. The molecule has 1 rings (SSSR count). The molecule has 1 unspecified atom stereocenters. The first-order valence-corrected chi connectivity index (χ1v) is 4.63. The zero-order valence-electron chi connectivity index (χ0n) is 7.38. The molecule has 0 aromatic rings. The summed E-state index contributed by atoms with van der Waals surface area (Å²) in [6.07, 6.45) is 4.03. The smallest absolute Gasteiger partial charge is 0.0860 e. The average molecular weight is 156 g/mol. The van der Waals surface area contributed by atoms with Crippen LogP contribution in [-0.4, -0.2) is 31.1 Å². The first-order chi connectivity index (χ1) is 5.33. The van der Waals surface area contributed by atoms with Gasteiger partial charge in [-0.25, -0.2) is 5.11 Å². The van der Waals surface area contributed by atoms with Gasteiger partial charge in [0.25, 0.3) is 0 Å². The minimum Gasteiger partial charge on any atom is -0.303 e. The minimum atomic E-state index is 0.0799. The quantitative estimate of drug-likeness (QED) is 0.608. The highest BCUT2D eigenvalue weighted by Gasteiger charge is 2.12. The number of rotatable bonds is 3. The Bertz CT molecular complexity index is 99.7. The largest absolute Gasteiger partial charge is 0.303 e. The maximum Gasteiger partial charge on any atom is 0.0860 e. The van der Waals surface area contributed by atoms with Gasteiger partial charge in [0.15, 0.2) is 0 Å². The van der Waals surface area contributed by atoms with Crippen LogP contribution in [0.2, 0.25) is 0 Å². The third-order valence-corrected chi connectivity index (χ3v) is 2.30. The molecule has 2 nitrogen and oxygen atoms in total. The topological polar surface area (TPSA) is 23.1 Å².